The molecule has 0 radical (unpaired) electrons. The van der Waals surface area contributed by atoms with Crippen LogP contribution in [0.2, 0.25) is 0 Å². The molecular formula is C54H66Br2N4O2S. The molecule has 0 saturated heterocycles. The Morgan fingerprint density at radius 3 is 1.29 bits per heavy atom. The van der Waals surface area contributed by atoms with Gasteiger partial charge in [-0.15, -0.1) is 21.6 Å². The van der Waals surface area contributed by atoms with Gasteiger partial charge in [0.15, 0.2) is 11.6 Å². The number of ketones is 2. The van der Waals surface area contributed by atoms with Crippen LogP contribution in [0, 0.1) is 21.7 Å². The SMILES string of the molecule is CCCCCCCCc1cc(C(N=Nc2ccc(Br)cc2)=C2C=C(C(C)(C)C)C(=O)C(C(C)(C)C)=C2)sc1C(N=Nc1ccc(Br)cc1)=C1C=C(C(C)(C)C)C(=O)C(C(C)(C)C)=C1. The lowest BCUT2D eigenvalue weighted by molar-refractivity contribution is -0.114. The van der Waals surface area contributed by atoms with Gasteiger partial charge in [0, 0.05) is 42.4 Å². The third kappa shape index (κ3) is 13.1. The lowest BCUT2D eigenvalue weighted by Gasteiger charge is -2.31. The Bertz CT molecular complexity index is 2370. The normalized spacial score (nSPS) is 15.6. The molecule has 0 unspecified atom stereocenters. The molecule has 0 atom stereocenters. The molecule has 5 rings (SSSR count). The summed E-state index contributed by atoms with van der Waals surface area (Å²) in [4.78, 5) is 30.4. The first kappa shape index (κ1) is 50.1. The van der Waals surface area contributed by atoms with Crippen LogP contribution in [0.15, 0.2) is 142 Å². The number of carbonyl (C=O) groups excluding carboxylic acids is 2. The molecule has 2 aliphatic rings. The van der Waals surface area contributed by atoms with Gasteiger partial charge in [0.05, 0.1) is 21.1 Å². The van der Waals surface area contributed by atoms with E-state index in [0.717, 1.165) is 82.7 Å². The molecule has 0 bridgehead atoms. The van der Waals surface area contributed by atoms with Crippen LogP contribution in [-0.2, 0) is 16.0 Å². The van der Waals surface area contributed by atoms with E-state index in [4.69, 9.17) is 20.5 Å². The summed E-state index contributed by atoms with van der Waals surface area (Å²) < 4.78 is 1.92. The summed E-state index contributed by atoms with van der Waals surface area (Å²) in [6, 6.07) is 17.9. The molecule has 1 heterocycles. The highest BCUT2D eigenvalue weighted by molar-refractivity contribution is 9.10. The van der Waals surface area contributed by atoms with Gasteiger partial charge in [0.2, 0.25) is 0 Å². The highest BCUT2D eigenvalue weighted by Gasteiger charge is 2.37. The van der Waals surface area contributed by atoms with Crippen molar-refractivity contribution < 1.29 is 9.59 Å². The first-order valence-corrected chi connectivity index (χ1v) is 24.7. The fourth-order valence-electron chi connectivity index (χ4n) is 7.50. The molecule has 6 nitrogen and oxygen atoms in total. The van der Waals surface area contributed by atoms with Crippen molar-refractivity contribution >= 4 is 77.5 Å². The van der Waals surface area contributed by atoms with Crippen molar-refractivity contribution in [2.75, 3.05) is 0 Å². The first-order valence-electron chi connectivity index (χ1n) is 22.3. The largest absolute Gasteiger partial charge is 0.289 e. The van der Waals surface area contributed by atoms with E-state index in [9.17, 15) is 9.59 Å². The molecule has 0 N–H and O–H groups in total. The van der Waals surface area contributed by atoms with Crippen molar-refractivity contribution in [2.45, 2.75) is 135 Å². The van der Waals surface area contributed by atoms with Gasteiger partial charge in [0.1, 0.15) is 11.4 Å². The van der Waals surface area contributed by atoms with Crippen LogP contribution >= 0.6 is 43.2 Å². The topological polar surface area (TPSA) is 83.6 Å². The minimum Gasteiger partial charge on any atom is -0.289 e. The van der Waals surface area contributed by atoms with Crippen LogP contribution in [0.4, 0.5) is 11.4 Å². The number of unbranched alkanes of at least 4 members (excludes halogenated alkanes) is 5. The second kappa shape index (κ2) is 20.5. The van der Waals surface area contributed by atoms with Crippen molar-refractivity contribution in [3.8, 4) is 0 Å². The molecule has 3 aromatic rings. The maximum Gasteiger partial charge on any atom is 0.186 e. The van der Waals surface area contributed by atoms with Crippen molar-refractivity contribution in [3.63, 3.8) is 0 Å². The van der Waals surface area contributed by atoms with Gasteiger partial charge in [-0.25, -0.2) is 0 Å². The number of allylic oxidation sites excluding steroid dienone is 10. The third-order valence-electron chi connectivity index (χ3n) is 11.2. The predicted molar refractivity (Wildman–Crippen MR) is 273 cm³/mol. The van der Waals surface area contributed by atoms with Crippen LogP contribution in [0.25, 0.3) is 11.4 Å². The number of hydrogen-bond donors (Lipinski definition) is 0. The maximum atomic E-state index is 14.3. The van der Waals surface area contributed by atoms with Crippen molar-refractivity contribution in [2.24, 2.45) is 42.1 Å². The molecule has 0 fully saturated rings. The highest BCUT2D eigenvalue weighted by atomic mass is 79.9. The van der Waals surface area contributed by atoms with E-state index >= 15 is 0 Å². The summed E-state index contributed by atoms with van der Waals surface area (Å²) in [5.41, 5.74) is 6.94. The number of thiophene rings is 1. The Morgan fingerprint density at radius 2 is 0.889 bits per heavy atom. The lowest BCUT2D eigenvalue weighted by atomic mass is 9.71. The van der Waals surface area contributed by atoms with Crippen LogP contribution in [0.5, 0.6) is 0 Å². The summed E-state index contributed by atoms with van der Waals surface area (Å²) in [5, 5.41) is 19.9. The standard InChI is InChI=1S/C54H66Br2N4O2S/c1-14-15-16-17-18-19-20-34-33-45(46(59-57-39-25-21-37(55)22-26-39)35-29-41(51(2,3)4)48(61)42(30-35)52(5,6)7)63-50(34)47(60-58-40-27-23-38(56)24-28-40)36-31-43(53(8,9)10)49(62)44(32-36)54(11,12)13/h21-33H,14-20H2,1-13H3. The van der Waals surface area contributed by atoms with Crippen LogP contribution in [0.1, 0.15) is 144 Å². The number of halogens is 2. The smallest absolute Gasteiger partial charge is 0.186 e. The number of hydrogen-bond acceptors (Lipinski definition) is 7. The van der Waals surface area contributed by atoms with E-state index in [0.29, 0.717) is 17.1 Å². The number of benzene rings is 2. The lowest BCUT2D eigenvalue weighted by Crippen LogP contribution is -2.28. The van der Waals surface area contributed by atoms with Gasteiger partial charge in [-0.1, -0.05) is 154 Å². The van der Waals surface area contributed by atoms with E-state index in [1.165, 1.54) is 25.7 Å². The Hall–Kier alpha value is -3.92. The first-order chi connectivity index (χ1) is 29.4. The van der Waals surface area contributed by atoms with Gasteiger partial charge in [0.25, 0.3) is 0 Å². The third-order valence-corrected chi connectivity index (χ3v) is 13.4. The zero-order valence-electron chi connectivity index (χ0n) is 39.7. The molecule has 1 aromatic heterocycles. The van der Waals surface area contributed by atoms with Crippen molar-refractivity contribution in [1.82, 2.24) is 0 Å². The Labute approximate surface area is 398 Å². The number of carbonyl (C=O) groups is 2. The number of azo groups is 2. The second-order valence-corrected chi connectivity index (χ2v) is 23.7. The number of Topliss-reactive ketones (excluding diaryl/α,β-unsaturated/α-hetero) is 2. The number of rotatable bonds is 13. The maximum absolute atomic E-state index is 14.3. The van der Waals surface area contributed by atoms with Gasteiger partial charge in [-0.05, 0) is 119 Å². The quantitative estimate of drug-likeness (QED) is 0.126. The van der Waals surface area contributed by atoms with Crippen LogP contribution < -0.4 is 0 Å². The molecule has 63 heavy (non-hydrogen) atoms. The average molecular weight is 995 g/mol. The highest BCUT2D eigenvalue weighted by Crippen LogP contribution is 2.46. The average Bonchev–Trinajstić information content (AvgIpc) is 3.59. The Morgan fingerprint density at radius 1 is 0.524 bits per heavy atom. The molecular weight excluding hydrogens is 928 g/mol. The molecule has 2 aromatic carbocycles. The van der Waals surface area contributed by atoms with Crippen LogP contribution in [0.3, 0.4) is 0 Å². The summed E-state index contributed by atoms with van der Waals surface area (Å²) in [6.07, 6.45) is 15.9. The molecule has 334 valence electrons. The minimum absolute atomic E-state index is 0.0636. The van der Waals surface area contributed by atoms with E-state index in [1.807, 2.05) is 72.8 Å². The Balaban J connectivity index is 1.90. The fraction of sp³-hybridized carbons (Fsp3) is 0.444. The molecule has 0 aliphatic heterocycles. The number of nitrogens with zero attached hydrogens (tertiary/aromatic N) is 4. The fourth-order valence-corrected chi connectivity index (χ4v) is 9.25. The zero-order chi connectivity index (χ0) is 46.5. The zero-order valence-corrected chi connectivity index (χ0v) is 43.7. The molecule has 0 spiro atoms. The van der Waals surface area contributed by atoms with Crippen molar-refractivity contribution in [3.05, 3.63) is 137 Å². The Kier molecular flexibility index (Phi) is 16.3. The van der Waals surface area contributed by atoms with Gasteiger partial charge >= 0.3 is 0 Å². The summed E-state index contributed by atoms with van der Waals surface area (Å²) in [6.45, 7) is 27.4. The van der Waals surface area contributed by atoms with Crippen LogP contribution in [-0.4, -0.2) is 11.6 Å². The summed E-state index contributed by atoms with van der Waals surface area (Å²) >= 11 is 8.75. The van der Waals surface area contributed by atoms with Gasteiger partial charge in [-0.2, -0.15) is 10.2 Å². The molecule has 0 amide bonds. The predicted octanol–water partition coefficient (Wildman–Crippen LogP) is 18.2. The van der Waals surface area contributed by atoms with Crippen molar-refractivity contribution in [1.29, 1.82) is 0 Å². The second-order valence-electron chi connectivity index (χ2n) is 20.8. The minimum atomic E-state index is -0.416. The van der Waals surface area contributed by atoms with E-state index < -0.39 is 21.7 Å². The summed E-state index contributed by atoms with van der Waals surface area (Å²) in [5.74, 6) is 0.130. The molecule has 9 heteroatoms. The molecule has 2 aliphatic carbocycles. The van der Waals surface area contributed by atoms with E-state index in [-0.39, 0.29) is 11.6 Å². The van der Waals surface area contributed by atoms with Gasteiger partial charge in [-0.3, -0.25) is 9.59 Å². The monoisotopic (exact) mass is 992 g/mol. The molecule has 0 saturated carbocycles. The van der Waals surface area contributed by atoms with E-state index in [1.54, 1.807) is 11.3 Å². The van der Waals surface area contributed by atoms with Gasteiger partial charge < -0.3 is 0 Å². The number of aryl methyl sites for hydroxylation is 1. The van der Waals surface area contributed by atoms with E-state index in [2.05, 4.69) is 128 Å². The summed E-state index contributed by atoms with van der Waals surface area (Å²) in [7, 11) is 0.